The summed E-state index contributed by atoms with van der Waals surface area (Å²) in [5.74, 6) is -1.82. The van der Waals surface area contributed by atoms with Crippen LogP contribution in [0.4, 0.5) is 17.6 Å². The summed E-state index contributed by atoms with van der Waals surface area (Å²) < 4.78 is 52.4. The summed E-state index contributed by atoms with van der Waals surface area (Å²) in [5, 5.41) is -0.637. The van der Waals surface area contributed by atoms with Gasteiger partial charge in [0, 0.05) is 5.92 Å². The van der Waals surface area contributed by atoms with Crippen LogP contribution in [0.15, 0.2) is 30.3 Å². The van der Waals surface area contributed by atoms with Crippen molar-refractivity contribution in [1.29, 1.82) is 0 Å². The van der Waals surface area contributed by atoms with Crippen LogP contribution in [-0.2, 0) is 4.79 Å². The maximum Gasteiger partial charge on any atom is 0.416 e. The molecular formula is C15H13ClF4O. The highest BCUT2D eigenvalue weighted by Gasteiger charge is 2.60. The molecule has 0 spiro atoms. The largest absolute Gasteiger partial charge is 0.416 e. The summed E-state index contributed by atoms with van der Waals surface area (Å²) in [6.07, 6.45) is -3.56. The van der Waals surface area contributed by atoms with Crippen molar-refractivity contribution in [2.75, 3.05) is 0 Å². The molecule has 1 nitrogen and oxygen atoms in total. The first kappa shape index (κ1) is 16.0. The van der Waals surface area contributed by atoms with E-state index in [1.54, 1.807) is 13.8 Å². The Kier molecular flexibility index (Phi) is 3.91. The van der Waals surface area contributed by atoms with Gasteiger partial charge in [-0.25, -0.2) is 4.39 Å². The van der Waals surface area contributed by atoms with E-state index < -0.39 is 40.1 Å². The normalized spacial score (nSPS) is 24.8. The number of carbonyl (C=O) groups excluding carboxylic acids is 1. The lowest BCUT2D eigenvalue weighted by Crippen LogP contribution is -2.11. The van der Waals surface area contributed by atoms with Crippen molar-refractivity contribution in [2.24, 2.45) is 17.3 Å². The van der Waals surface area contributed by atoms with Gasteiger partial charge in [-0.05, 0) is 40.6 Å². The molecular weight excluding hydrogens is 308 g/mol. The molecule has 1 aromatic rings. The first-order valence-corrected chi connectivity index (χ1v) is 6.67. The monoisotopic (exact) mass is 320 g/mol. The van der Waals surface area contributed by atoms with E-state index in [-0.39, 0.29) is 5.56 Å². The lowest BCUT2D eigenvalue weighted by atomic mass is 10.0. The quantitative estimate of drug-likeness (QED) is 0.577. The van der Waals surface area contributed by atoms with Crippen molar-refractivity contribution in [2.45, 2.75) is 20.0 Å². The molecule has 0 bridgehead atoms. The molecule has 1 aliphatic rings. The van der Waals surface area contributed by atoms with E-state index in [1.165, 1.54) is 0 Å². The minimum atomic E-state index is -4.59. The van der Waals surface area contributed by atoms with Crippen LogP contribution in [0, 0.1) is 23.1 Å². The zero-order chi connectivity index (χ0) is 16.0. The fraction of sp³-hybridized carbons (Fsp3) is 0.400. The molecule has 21 heavy (non-hydrogen) atoms. The first-order chi connectivity index (χ1) is 9.55. The third-order valence-corrected chi connectivity index (χ3v) is 4.20. The Morgan fingerprint density at radius 1 is 1.24 bits per heavy atom. The number of allylic oxidation sites excluding steroid dienone is 2. The third kappa shape index (κ3) is 3.12. The predicted octanol–water partition coefficient (Wildman–Crippen LogP) is 4.81. The Balaban J connectivity index is 2.41. The minimum Gasteiger partial charge on any atom is -0.281 e. The van der Waals surface area contributed by atoms with E-state index in [9.17, 15) is 22.4 Å². The molecule has 0 aromatic heterocycles. The van der Waals surface area contributed by atoms with E-state index in [4.69, 9.17) is 11.6 Å². The van der Waals surface area contributed by atoms with Gasteiger partial charge in [0.15, 0.2) is 0 Å². The molecule has 1 fully saturated rings. The molecule has 1 aliphatic carbocycles. The molecule has 0 saturated heterocycles. The lowest BCUT2D eigenvalue weighted by Gasteiger charge is -2.12. The van der Waals surface area contributed by atoms with Gasteiger partial charge in [-0.3, -0.25) is 4.79 Å². The van der Waals surface area contributed by atoms with E-state index in [0.717, 1.165) is 30.3 Å². The molecule has 0 radical (unpaired) electrons. The molecule has 0 heterocycles. The Bertz CT molecular complexity index is 587. The second-order valence-electron chi connectivity index (χ2n) is 5.71. The van der Waals surface area contributed by atoms with Gasteiger partial charge in [0.05, 0.1) is 5.57 Å². The van der Waals surface area contributed by atoms with Crippen LogP contribution in [-0.4, -0.2) is 11.4 Å². The SMILES string of the molecule is CC1(C)C(/C=C(/c2ccc(F)cc2)C(F)(F)F)C1C(=O)Cl. The van der Waals surface area contributed by atoms with Gasteiger partial charge in [0.25, 0.3) is 0 Å². The van der Waals surface area contributed by atoms with Crippen LogP contribution in [0.25, 0.3) is 5.57 Å². The van der Waals surface area contributed by atoms with Crippen LogP contribution in [0.1, 0.15) is 19.4 Å². The summed E-state index contributed by atoms with van der Waals surface area (Å²) in [7, 11) is 0. The Morgan fingerprint density at radius 2 is 1.76 bits per heavy atom. The van der Waals surface area contributed by atoms with E-state index in [2.05, 4.69) is 0 Å². The van der Waals surface area contributed by atoms with Crippen LogP contribution in [0.3, 0.4) is 0 Å². The number of benzene rings is 1. The van der Waals surface area contributed by atoms with Crippen molar-refractivity contribution in [3.63, 3.8) is 0 Å². The summed E-state index contributed by atoms with van der Waals surface area (Å²) >= 11 is 5.42. The van der Waals surface area contributed by atoms with Gasteiger partial charge in [-0.15, -0.1) is 0 Å². The van der Waals surface area contributed by atoms with Crippen molar-refractivity contribution in [1.82, 2.24) is 0 Å². The second-order valence-corrected chi connectivity index (χ2v) is 6.09. The van der Waals surface area contributed by atoms with Gasteiger partial charge in [-0.1, -0.05) is 32.1 Å². The molecule has 1 saturated carbocycles. The second kappa shape index (κ2) is 5.13. The van der Waals surface area contributed by atoms with E-state index in [1.807, 2.05) is 0 Å². The number of hydrogen-bond acceptors (Lipinski definition) is 1. The molecule has 1 aromatic carbocycles. The summed E-state index contributed by atoms with van der Waals surface area (Å²) in [6.45, 7) is 3.38. The third-order valence-electron chi connectivity index (χ3n) is 3.96. The molecule has 2 unspecified atom stereocenters. The van der Waals surface area contributed by atoms with Gasteiger partial charge in [-0.2, -0.15) is 13.2 Å². The number of carbonyl (C=O) groups is 1. The maximum absolute atomic E-state index is 13.2. The number of alkyl halides is 3. The van der Waals surface area contributed by atoms with Crippen molar-refractivity contribution in [3.8, 4) is 0 Å². The van der Waals surface area contributed by atoms with Crippen molar-refractivity contribution < 1.29 is 22.4 Å². The van der Waals surface area contributed by atoms with Gasteiger partial charge < -0.3 is 0 Å². The Morgan fingerprint density at radius 3 is 2.14 bits per heavy atom. The minimum absolute atomic E-state index is 0.132. The molecule has 0 N–H and O–H groups in total. The van der Waals surface area contributed by atoms with Crippen molar-refractivity contribution in [3.05, 3.63) is 41.7 Å². The molecule has 2 rings (SSSR count). The molecule has 2 atom stereocenters. The van der Waals surface area contributed by atoms with Crippen LogP contribution in [0.2, 0.25) is 0 Å². The summed E-state index contributed by atoms with van der Waals surface area (Å²) in [4.78, 5) is 11.2. The smallest absolute Gasteiger partial charge is 0.281 e. The number of halogens is 5. The zero-order valence-corrected chi connectivity index (χ0v) is 12.1. The lowest BCUT2D eigenvalue weighted by molar-refractivity contribution is -0.113. The summed E-state index contributed by atoms with van der Waals surface area (Å²) in [5.41, 5.74) is -1.61. The zero-order valence-electron chi connectivity index (χ0n) is 11.3. The highest BCUT2D eigenvalue weighted by Crippen LogP contribution is 2.61. The molecule has 6 heteroatoms. The highest BCUT2D eigenvalue weighted by atomic mass is 35.5. The van der Waals surface area contributed by atoms with E-state index in [0.29, 0.717) is 0 Å². The average Bonchev–Trinajstić information content (AvgIpc) is 2.88. The number of rotatable bonds is 3. The fourth-order valence-electron chi connectivity index (χ4n) is 2.59. The highest BCUT2D eigenvalue weighted by molar-refractivity contribution is 6.64. The Hall–Kier alpha value is -1.36. The summed E-state index contributed by atoms with van der Waals surface area (Å²) in [6, 6.07) is 4.08. The topological polar surface area (TPSA) is 17.1 Å². The predicted molar refractivity (Wildman–Crippen MR) is 72.1 cm³/mol. The first-order valence-electron chi connectivity index (χ1n) is 6.29. The fourth-order valence-corrected chi connectivity index (χ4v) is 3.00. The number of hydrogen-bond donors (Lipinski definition) is 0. The van der Waals surface area contributed by atoms with Crippen LogP contribution in [0.5, 0.6) is 0 Å². The Labute approximate surface area is 124 Å². The van der Waals surface area contributed by atoms with Crippen LogP contribution < -0.4 is 0 Å². The van der Waals surface area contributed by atoms with E-state index >= 15 is 0 Å². The standard InChI is InChI=1S/C15H13ClF4O/c1-14(2)11(12(14)13(16)21)7-10(15(18,19)20)8-3-5-9(17)6-4-8/h3-7,11-12H,1-2H3/b10-7-. The molecule has 0 amide bonds. The van der Waals surface area contributed by atoms with Gasteiger partial charge in [0.2, 0.25) is 5.24 Å². The molecule has 0 aliphatic heterocycles. The maximum atomic E-state index is 13.2. The van der Waals surface area contributed by atoms with Crippen LogP contribution >= 0.6 is 11.6 Å². The molecule has 114 valence electrons. The van der Waals surface area contributed by atoms with Gasteiger partial charge >= 0.3 is 6.18 Å². The van der Waals surface area contributed by atoms with Gasteiger partial charge in [0.1, 0.15) is 5.82 Å². The average molecular weight is 321 g/mol. The van der Waals surface area contributed by atoms with Crippen molar-refractivity contribution >= 4 is 22.4 Å².